The number of esters is 1. The van der Waals surface area contributed by atoms with Crippen molar-refractivity contribution in [3.05, 3.63) is 77.9 Å². The Morgan fingerprint density at radius 1 is 0.970 bits per heavy atom. The van der Waals surface area contributed by atoms with Crippen LogP contribution in [0.1, 0.15) is 17.2 Å². The van der Waals surface area contributed by atoms with E-state index < -0.39 is 35.8 Å². The number of anilines is 1. The van der Waals surface area contributed by atoms with Gasteiger partial charge in [0.15, 0.2) is 0 Å². The summed E-state index contributed by atoms with van der Waals surface area (Å²) >= 11 is 0. The van der Waals surface area contributed by atoms with Crippen molar-refractivity contribution >= 4 is 11.8 Å². The summed E-state index contributed by atoms with van der Waals surface area (Å²) in [6, 6.07) is 11.2. The second kappa shape index (κ2) is 9.43. The highest BCUT2D eigenvalue weighted by molar-refractivity contribution is 5.76. The molecule has 1 N–H and O–H groups in total. The van der Waals surface area contributed by atoms with Crippen LogP contribution in [0.3, 0.4) is 0 Å². The molecule has 0 saturated heterocycles. The van der Waals surface area contributed by atoms with E-state index in [0.29, 0.717) is 12.1 Å². The molecule has 0 fully saturated rings. The van der Waals surface area contributed by atoms with Crippen LogP contribution in [0.15, 0.2) is 60.9 Å². The Morgan fingerprint density at radius 2 is 1.67 bits per heavy atom. The number of rotatable bonds is 6. The summed E-state index contributed by atoms with van der Waals surface area (Å²) in [4.78, 5) is 19.1. The number of carbonyl (C=O) groups excluding carboxylic acids is 1. The molecule has 0 aliphatic carbocycles. The average Bonchev–Trinajstić information content (AvgIpc) is 2.75. The third kappa shape index (κ3) is 6.18. The monoisotopic (exact) mass is 473 g/mol. The number of nitrogens with one attached hydrogen (secondary N) is 1. The molecule has 0 aliphatic rings. The molecule has 0 amide bonds. The molecule has 174 valence electrons. The first-order valence-electron chi connectivity index (χ1n) is 9.21. The zero-order valence-corrected chi connectivity index (χ0v) is 16.4. The number of halogens is 7. The number of hydrogen-bond donors (Lipinski definition) is 1. The van der Waals surface area contributed by atoms with Crippen molar-refractivity contribution in [2.24, 2.45) is 0 Å². The Morgan fingerprint density at radius 3 is 2.27 bits per heavy atom. The van der Waals surface area contributed by atoms with Crippen molar-refractivity contribution in [1.82, 2.24) is 9.97 Å². The van der Waals surface area contributed by atoms with E-state index in [1.54, 1.807) is 18.2 Å². The van der Waals surface area contributed by atoms with Gasteiger partial charge >= 0.3 is 18.3 Å². The Bertz CT molecular complexity index is 1120. The van der Waals surface area contributed by atoms with Gasteiger partial charge in [0.1, 0.15) is 24.1 Å². The highest BCUT2D eigenvalue weighted by Gasteiger charge is 2.42. The Kier molecular flexibility index (Phi) is 6.84. The molecule has 33 heavy (non-hydrogen) atoms. The van der Waals surface area contributed by atoms with Gasteiger partial charge in [0.05, 0.1) is 17.8 Å². The highest BCUT2D eigenvalue weighted by Crippen LogP contribution is 2.33. The first-order chi connectivity index (χ1) is 15.4. The Hall–Kier alpha value is -3.70. The van der Waals surface area contributed by atoms with Gasteiger partial charge in [0.25, 0.3) is 0 Å². The van der Waals surface area contributed by atoms with Crippen LogP contribution in [-0.2, 0) is 15.7 Å². The normalized spacial score (nSPS) is 12.8. The van der Waals surface area contributed by atoms with Crippen LogP contribution in [0.25, 0.3) is 11.3 Å². The van der Waals surface area contributed by atoms with Gasteiger partial charge in [-0.1, -0.05) is 36.4 Å². The molecule has 0 unspecified atom stereocenters. The molecule has 3 aromatic rings. The lowest BCUT2D eigenvalue weighted by atomic mass is 10.1. The van der Waals surface area contributed by atoms with Crippen molar-refractivity contribution in [1.29, 1.82) is 0 Å². The van der Waals surface area contributed by atoms with Crippen LogP contribution in [-0.4, -0.2) is 28.7 Å². The smallest absolute Gasteiger partial charge is 0.449 e. The largest absolute Gasteiger partial charge is 0.490 e. The van der Waals surface area contributed by atoms with Crippen molar-refractivity contribution in [3.8, 4) is 11.3 Å². The van der Waals surface area contributed by atoms with E-state index in [0.717, 1.165) is 12.4 Å². The van der Waals surface area contributed by atoms with Crippen molar-refractivity contribution in [2.75, 3.05) is 11.9 Å². The first-order valence-corrected chi connectivity index (χ1v) is 9.21. The summed E-state index contributed by atoms with van der Waals surface area (Å²) in [5.41, 5.74) is -1.07. The fraction of sp³-hybridized carbons (Fsp3) is 0.190. The molecule has 0 radical (unpaired) electrons. The van der Waals surface area contributed by atoms with E-state index in [2.05, 4.69) is 20.0 Å². The SMILES string of the molecule is O=C(O[C@@H](CNc1cc(-c2ccc(C(F)(F)F)c(F)c2)ncn1)c1ccccc1)C(F)(F)F. The van der Waals surface area contributed by atoms with Crippen LogP contribution < -0.4 is 5.32 Å². The molecule has 1 aromatic heterocycles. The average molecular weight is 473 g/mol. The van der Waals surface area contributed by atoms with Gasteiger partial charge in [0.2, 0.25) is 0 Å². The number of aromatic nitrogens is 2. The number of nitrogens with zero attached hydrogens (tertiary/aromatic N) is 2. The lowest BCUT2D eigenvalue weighted by Gasteiger charge is -2.20. The van der Waals surface area contributed by atoms with E-state index in [9.17, 15) is 35.5 Å². The quantitative estimate of drug-likeness (QED) is 0.375. The lowest BCUT2D eigenvalue weighted by molar-refractivity contribution is -0.204. The van der Waals surface area contributed by atoms with Gasteiger partial charge in [-0.3, -0.25) is 0 Å². The Balaban J connectivity index is 1.80. The number of alkyl halides is 6. The van der Waals surface area contributed by atoms with Crippen molar-refractivity contribution < 1.29 is 40.3 Å². The van der Waals surface area contributed by atoms with Crippen LogP contribution in [0.4, 0.5) is 36.6 Å². The zero-order valence-electron chi connectivity index (χ0n) is 16.4. The minimum Gasteiger partial charge on any atom is -0.449 e. The summed E-state index contributed by atoms with van der Waals surface area (Å²) < 4.78 is 94.6. The summed E-state index contributed by atoms with van der Waals surface area (Å²) in [6.07, 6.45) is -10.3. The number of ether oxygens (including phenoxy) is 1. The van der Waals surface area contributed by atoms with Gasteiger partial charge in [-0.2, -0.15) is 26.3 Å². The highest BCUT2D eigenvalue weighted by atomic mass is 19.4. The van der Waals surface area contributed by atoms with Gasteiger partial charge in [-0.25, -0.2) is 19.2 Å². The minimum absolute atomic E-state index is 0.0223. The van der Waals surface area contributed by atoms with Gasteiger partial charge in [-0.05, 0) is 17.7 Å². The molecular formula is C21H14F7N3O2. The maximum atomic E-state index is 13.9. The topological polar surface area (TPSA) is 64.1 Å². The predicted octanol–water partition coefficient (Wildman–Crippen LogP) is 5.56. The predicted molar refractivity (Wildman–Crippen MR) is 102 cm³/mol. The van der Waals surface area contributed by atoms with Gasteiger partial charge in [0, 0.05) is 11.6 Å². The Labute approximate surface area is 182 Å². The van der Waals surface area contributed by atoms with Crippen molar-refractivity contribution in [3.63, 3.8) is 0 Å². The summed E-state index contributed by atoms with van der Waals surface area (Å²) in [5.74, 6) is -3.80. The van der Waals surface area contributed by atoms with E-state index in [4.69, 9.17) is 0 Å². The van der Waals surface area contributed by atoms with Crippen LogP contribution in [0.2, 0.25) is 0 Å². The summed E-state index contributed by atoms with van der Waals surface area (Å²) in [5, 5.41) is 2.69. The molecule has 0 bridgehead atoms. The summed E-state index contributed by atoms with van der Waals surface area (Å²) in [6.45, 7) is -0.316. The molecular weight excluding hydrogens is 459 g/mol. The molecule has 12 heteroatoms. The molecule has 1 atom stereocenters. The third-order valence-electron chi connectivity index (χ3n) is 4.36. The molecule has 0 saturated carbocycles. The van der Waals surface area contributed by atoms with E-state index in [1.807, 2.05) is 0 Å². The fourth-order valence-electron chi connectivity index (χ4n) is 2.80. The maximum absolute atomic E-state index is 13.9. The van der Waals surface area contributed by atoms with Crippen molar-refractivity contribution in [2.45, 2.75) is 18.5 Å². The minimum atomic E-state index is -5.19. The maximum Gasteiger partial charge on any atom is 0.490 e. The van der Waals surface area contributed by atoms with Gasteiger partial charge < -0.3 is 10.1 Å². The van der Waals surface area contributed by atoms with Crippen LogP contribution >= 0.6 is 0 Å². The molecule has 2 aromatic carbocycles. The molecule has 5 nitrogen and oxygen atoms in total. The first kappa shape index (κ1) is 24.0. The lowest BCUT2D eigenvalue weighted by Crippen LogP contribution is -2.29. The molecule has 0 aliphatic heterocycles. The summed E-state index contributed by atoms with van der Waals surface area (Å²) in [7, 11) is 0. The van der Waals surface area contributed by atoms with E-state index >= 15 is 0 Å². The number of hydrogen-bond acceptors (Lipinski definition) is 5. The second-order valence-electron chi connectivity index (χ2n) is 6.66. The van der Waals surface area contributed by atoms with E-state index in [-0.39, 0.29) is 29.2 Å². The molecule has 3 rings (SSSR count). The zero-order chi connectivity index (χ0) is 24.2. The second-order valence-corrected chi connectivity index (χ2v) is 6.66. The third-order valence-corrected chi connectivity index (χ3v) is 4.36. The van der Waals surface area contributed by atoms with Gasteiger partial charge in [-0.15, -0.1) is 0 Å². The molecule has 0 spiro atoms. The van der Waals surface area contributed by atoms with E-state index in [1.165, 1.54) is 18.2 Å². The van der Waals surface area contributed by atoms with Crippen LogP contribution in [0, 0.1) is 5.82 Å². The standard InChI is InChI=1S/C21H14F7N3O2/c22-15-8-13(6-7-14(15)20(23,24)25)16-9-18(31-11-30-16)29-10-17(12-4-2-1-3-5-12)33-19(32)21(26,27)28/h1-9,11,17H,10H2,(H,29,30,31)/t17-/m0/s1. The number of carbonyl (C=O) groups is 1. The molecule has 1 heterocycles. The number of benzene rings is 2. The van der Waals surface area contributed by atoms with Crippen LogP contribution in [0.5, 0.6) is 0 Å². The fourth-order valence-corrected chi connectivity index (χ4v) is 2.80.